The van der Waals surface area contributed by atoms with Crippen LogP contribution in [0.25, 0.3) is 0 Å². The van der Waals surface area contributed by atoms with Gasteiger partial charge in [0.05, 0.1) is 12.7 Å². The Kier molecular flexibility index (Phi) is 6.01. The Labute approximate surface area is 184 Å². The number of hydrogen-bond acceptors (Lipinski definition) is 5. The van der Waals surface area contributed by atoms with Crippen molar-refractivity contribution in [1.82, 2.24) is 5.32 Å². The van der Waals surface area contributed by atoms with Gasteiger partial charge in [0.1, 0.15) is 35.6 Å². The summed E-state index contributed by atoms with van der Waals surface area (Å²) in [5.41, 5.74) is 0.0326. The molecule has 1 aliphatic heterocycles. The van der Waals surface area contributed by atoms with E-state index in [2.05, 4.69) is 5.32 Å². The summed E-state index contributed by atoms with van der Waals surface area (Å²) in [6.07, 6.45) is -0.472. The van der Waals surface area contributed by atoms with E-state index >= 15 is 0 Å². The average molecular weight is 437 g/mol. The minimum absolute atomic E-state index is 0.00973. The molecule has 0 saturated carbocycles. The second kappa shape index (κ2) is 8.88. The first-order valence-electron chi connectivity index (χ1n) is 10.1. The second-order valence-electron chi connectivity index (χ2n) is 7.54. The molecule has 1 saturated heterocycles. The molecule has 1 atom stereocenters. The molecule has 0 unspecified atom stereocenters. The Bertz CT molecular complexity index is 1070. The van der Waals surface area contributed by atoms with Crippen molar-refractivity contribution in [3.63, 3.8) is 0 Å². The molecular formula is C25H21F2NO4. The standard InChI is InChI=1S/C25H21F2NO4/c1-31-18-12-19(26)23(20(27)13-18)22(29)14-21-24(30)32-15-25(28-21,16-8-4-2-5-9-16)17-10-6-3-7-11-17/h2-13,21,28H,14-15H2,1H3/t21-/m1/s1. The highest BCUT2D eigenvalue weighted by molar-refractivity contribution is 5.99. The molecule has 1 fully saturated rings. The zero-order valence-corrected chi connectivity index (χ0v) is 17.3. The summed E-state index contributed by atoms with van der Waals surface area (Å²) in [6, 6.07) is 19.5. The first-order valence-corrected chi connectivity index (χ1v) is 10.1. The largest absolute Gasteiger partial charge is 0.497 e. The van der Waals surface area contributed by atoms with Gasteiger partial charge < -0.3 is 9.47 Å². The van der Waals surface area contributed by atoms with Crippen molar-refractivity contribution in [2.75, 3.05) is 13.7 Å². The number of Topliss-reactive ketones (excluding diaryl/α,β-unsaturated/α-hetero) is 1. The van der Waals surface area contributed by atoms with Gasteiger partial charge in [0.25, 0.3) is 0 Å². The van der Waals surface area contributed by atoms with Gasteiger partial charge in [-0.25, -0.2) is 8.78 Å². The van der Waals surface area contributed by atoms with Crippen molar-refractivity contribution in [2.45, 2.75) is 18.0 Å². The Morgan fingerprint density at radius 3 is 2.06 bits per heavy atom. The highest BCUT2D eigenvalue weighted by atomic mass is 19.1. The van der Waals surface area contributed by atoms with E-state index in [1.54, 1.807) is 0 Å². The number of esters is 1. The molecule has 1 N–H and O–H groups in total. The fraction of sp³-hybridized carbons (Fsp3) is 0.200. The molecule has 0 spiro atoms. The number of methoxy groups -OCH3 is 1. The van der Waals surface area contributed by atoms with Crippen LogP contribution in [-0.4, -0.2) is 31.5 Å². The molecule has 7 heteroatoms. The maximum Gasteiger partial charge on any atom is 0.323 e. The van der Waals surface area contributed by atoms with E-state index in [4.69, 9.17) is 9.47 Å². The van der Waals surface area contributed by atoms with Gasteiger partial charge in [-0.2, -0.15) is 0 Å². The highest BCUT2D eigenvalue weighted by Gasteiger charge is 2.44. The summed E-state index contributed by atoms with van der Waals surface area (Å²) in [5, 5.41) is 3.25. The highest BCUT2D eigenvalue weighted by Crippen LogP contribution is 2.34. The van der Waals surface area contributed by atoms with Crippen LogP contribution in [0, 0.1) is 11.6 Å². The van der Waals surface area contributed by atoms with Crippen LogP contribution in [-0.2, 0) is 15.1 Å². The second-order valence-corrected chi connectivity index (χ2v) is 7.54. The van der Waals surface area contributed by atoms with Gasteiger partial charge in [-0.15, -0.1) is 0 Å². The van der Waals surface area contributed by atoms with E-state index in [0.717, 1.165) is 23.3 Å². The number of hydrogen-bond donors (Lipinski definition) is 1. The van der Waals surface area contributed by atoms with Crippen LogP contribution in [0.15, 0.2) is 72.8 Å². The zero-order chi connectivity index (χ0) is 22.7. The monoisotopic (exact) mass is 437 g/mol. The SMILES string of the molecule is COc1cc(F)c(C(=O)C[C@H]2NC(c3ccccc3)(c3ccccc3)COC2=O)c(F)c1. The number of morpholine rings is 1. The van der Waals surface area contributed by atoms with Crippen molar-refractivity contribution in [1.29, 1.82) is 0 Å². The van der Waals surface area contributed by atoms with Crippen molar-refractivity contribution < 1.29 is 27.8 Å². The van der Waals surface area contributed by atoms with Gasteiger partial charge in [0, 0.05) is 18.6 Å². The molecule has 5 nitrogen and oxygen atoms in total. The molecule has 164 valence electrons. The van der Waals surface area contributed by atoms with Crippen molar-refractivity contribution in [3.05, 3.63) is 101 Å². The number of nitrogens with one attached hydrogen (secondary N) is 1. The minimum Gasteiger partial charge on any atom is -0.497 e. The third-order valence-electron chi connectivity index (χ3n) is 5.59. The molecule has 0 aliphatic carbocycles. The Hall–Kier alpha value is -3.58. The summed E-state index contributed by atoms with van der Waals surface area (Å²) >= 11 is 0. The molecule has 0 radical (unpaired) electrons. The van der Waals surface area contributed by atoms with Gasteiger partial charge in [0.2, 0.25) is 0 Å². The fourth-order valence-electron chi connectivity index (χ4n) is 3.98. The van der Waals surface area contributed by atoms with E-state index in [9.17, 15) is 18.4 Å². The summed E-state index contributed by atoms with van der Waals surface area (Å²) in [5.74, 6) is -3.65. The number of ketones is 1. The smallest absolute Gasteiger partial charge is 0.323 e. The first-order chi connectivity index (χ1) is 15.4. The van der Waals surface area contributed by atoms with Crippen LogP contribution in [0.4, 0.5) is 8.78 Å². The number of benzene rings is 3. The predicted octanol–water partition coefficient (Wildman–Crippen LogP) is 4.01. The quantitative estimate of drug-likeness (QED) is 0.467. The number of ether oxygens (including phenoxy) is 2. The summed E-state index contributed by atoms with van der Waals surface area (Å²) in [7, 11) is 1.27. The Balaban J connectivity index is 1.68. The third kappa shape index (κ3) is 3.99. The number of rotatable bonds is 6. The van der Waals surface area contributed by atoms with Gasteiger partial charge in [0.15, 0.2) is 5.78 Å². The van der Waals surface area contributed by atoms with E-state index < -0.39 is 47.0 Å². The lowest BCUT2D eigenvalue weighted by Crippen LogP contribution is -2.60. The molecule has 32 heavy (non-hydrogen) atoms. The number of halogens is 2. The van der Waals surface area contributed by atoms with Crippen molar-refractivity contribution in [3.8, 4) is 5.75 Å². The molecule has 0 amide bonds. The van der Waals surface area contributed by atoms with E-state index in [1.807, 2.05) is 60.7 Å². The van der Waals surface area contributed by atoms with Gasteiger partial charge in [-0.3, -0.25) is 14.9 Å². The fourth-order valence-corrected chi connectivity index (χ4v) is 3.98. The molecule has 3 aromatic rings. The zero-order valence-electron chi connectivity index (χ0n) is 17.3. The molecule has 0 aromatic heterocycles. The first kappa shape index (κ1) is 21.6. The topological polar surface area (TPSA) is 64.6 Å². The lowest BCUT2D eigenvalue weighted by molar-refractivity contribution is -0.154. The van der Waals surface area contributed by atoms with Crippen molar-refractivity contribution in [2.24, 2.45) is 0 Å². The van der Waals surface area contributed by atoms with Crippen LogP contribution < -0.4 is 10.1 Å². The average Bonchev–Trinajstić information content (AvgIpc) is 2.81. The molecule has 0 bridgehead atoms. The summed E-state index contributed by atoms with van der Waals surface area (Å²) in [4.78, 5) is 25.4. The Morgan fingerprint density at radius 1 is 1.03 bits per heavy atom. The molecule has 1 aliphatic rings. The van der Waals surface area contributed by atoms with Gasteiger partial charge in [-0.05, 0) is 11.1 Å². The van der Waals surface area contributed by atoms with Gasteiger partial charge in [-0.1, -0.05) is 60.7 Å². The molecule has 4 rings (SSSR count). The van der Waals surface area contributed by atoms with E-state index in [-0.39, 0.29) is 12.4 Å². The normalized spacial score (nSPS) is 17.5. The van der Waals surface area contributed by atoms with Crippen LogP contribution in [0.5, 0.6) is 5.75 Å². The number of carbonyl (C=O) groups is 2. The number of cyclic esters (lactones) is 1. The Morgan fingerprint density at radius 2 is 1.56 bits per heavy atom. The minimum atomic E-state index is -1.10. The third-order valence-corrected chi connectivity index (χ3v) is 5.59. The predicted molar refractivity (Wildman–Crippen MR) is 113 cm³/mol. The lowest BCUT2D eigenvalue weighted by atomic mass is 9.81. The lowest BCUT2D eigenvalue weighted by Gasteiger charge is -2.42. The molecule has 1 heterocycles. The summed E-state index contributed by atoms with van der Waals surface area (Å²) in [6.45, 7) is 0.00973. The molecular weight excluding hydrogens is 416 g/mol. The number of carbonyl (C=O) groups excluding carboxylic acids is 2. The maximum atomic E-state index is 14.4. The van der Waals surface area contributed by atoms with Crippen LogP contribution >= 0.6 is 0 Å². The van der Waals surface area contributed by atoms with Gasteiger partial charge >= 0.3 is 5.97 Å². The van der Waals surface area contributed by atoms with Crippen LogP contribution in [0.1, 0.15) is 27.9 Å². The maximum absolute atomic E-state index is 14.4. The summed E-state index contributed by atoms with van der Waals surface area (Å²) < 4.78 is 39.1. The van der Waals surface area contributed by atoms with Crippen LogP contribution in [0.2, 0.25) is 0 Å². The van der Waals surface area contributed by atoms with Crippen molar-refractivity contribution >= 4 is 11.8 Å². The van der Waals surface area contributed by atoms with E-state index in [1.165, 1.54) is 7.11 Å². The molecule has 3 aromatic carbocycles. The van der Waals surface area contributed by atoms with Crippen LogP contribution in [0.3, 0.4) is 0 Å². The van der Waals surface area contributed by atoms with E-state index in [0.29, 0.717) is 0 Å².